The fourth-order valence-electron chi connectivity index (χ4n) is 1.56. The van der Waals surface area contributed by atoms with E-state index in [2.05, 4.69) is 15.9 Å². The molecule has 0 bridgehead atoms. The van der Waals surface area contributed by atoms with E-state index in [0.717, 1.165) is 4.47 Å². The third-order valence-electron chi connectivity index (χ3n) is 2.41. The third kappa shape index (κ3) is 3.03. The van der Waals surface area contributed by atoms with Gasteiger partial charge in [0.05, 0.1) is 12.0 Å². The molecule has 0 radical (unpaired) electrons. The second-order valence-corrected chi connectivity index (χ2v) is 4.54. The number of hydrogen-bond donors (Lipinski definition) is 0. The van der Waals surface area contributed by atoms with Gasteiger partial charge in [0.1, 0.15) is 5.75 Å². The Morgan fingerprint density at radius 1 is 1.11 bits per heavy atom. The lowest BCUT2D eigenvalue weighted by molar-refractivity contribution is -0.386. The first-order valence-electron chi connectivity index (χ1n) is 5.36. The maximum Gasteiger partial charge on any atom is 0.352 e. The fraction of sp³-hybridized carbons (Fsp3) is 0.0769. The van der Waals surface area contributed by atoms with Crippen LogP contribution in [0.4, 0.5) is 5.69 Å². The average molecular weight is 324 g/mol. The summed E-state index contributed by atoms with van der Waals surface area (Å²) in [5.41, 5.74) is -0.187. The van der Waals surface area contributed by atoms with Gasteiger partial charge in [-0.05, 0) is 36.4 Å². The molecule has 0 heterocycles. The molecule has 2 aromatic rings. The Kier molecular flexibility index (Phi) is 4.01. The Morgan fingerprint density at radius 3 is 2.32 bits per heavy atom. The minimum Gasteiger partial charge on any atom is -0.490 e. The van der Waals surface area contributed by atoms with E-state index in [9.17, 15) is 10.1 Å². The fourth-order valence-corrected chi connectivity index (χ4v) is 1.82. The summed E-state index contributed by atoms with van der Waals surface area (Å²) in [6, 6.07) is 11.7. The van der Waals surface area contributed by atoms with Crippen molar-refractivity contribution in [3.8, 4) is 17.2 Å². The number of ether oxygens (including phenoxy) is 2. The van der Waals surface area contributed by atoms with Gasteiger partial charge in [0, 0.05) is 4.47 Å². The summed E-state index contributed by atoms with van der Waals surface area (Å²) in [5, 5.41) is 11.1. The number of nitro groups is 1. The Balaban J connectivity index is 2.39. The second kappa shape index (κ2) is 5.71. The molecule has 0 aliphatic rings. The average Bonchev–Trinajstić information content (AvgIpc) is 2.40. The van der Waals surface area contributed by atoms with Gasteiger partial charge in [-0.2, -0.15) is 0 Å². The molecule has 6 heteroatoms. The standard InChI is InChI=1S/C13H10BrNO4/c1-18-11-3-2-4-12(13(11)15(16)17)19-10-7-5-9(14)6-8-10/h2-8H,1H3. The monoisotopic (exact) mass is 323 g/mol. The van der Waals surface area contributed by atoms with Crippen LogP contribution in [0, 0.1) is 10.1 Å². The first kappa shape index (κ1) is 13.4. The highest BCUT2D eigenvalue weighted by molar-refractivity contribution is 9.10. The molecule has 0 saturated carbocycles. The van der Waals surface area contributed by atoms with Gasteiger partial charge in [-0.1, -0.05) is 22.0 Å². The van der Waals surface area contributed by atoms with Gasteiger partial charge in [-0.25, -0.2) is 0 Å². The van der Waals surface area contributed by atoms with Gasteiger partial charge in [0.2, 0.25) is 11.5 Å². The molecule has 2 aromatic carbocycles. The van der Waals surface area contributed by atoms with Crippen LogP contribution in [0.15, 0.2) is 46.9 Å². The predicted octanol–water partition coefficient (Wildman–Crippen LogP) is 4.16. The zero-order valence-corrected chi connectivity index (χ0v) is 11.6. The van der Waals surface area contributed by atoms with Gasteiger partial charge in [0.15, 0.2) is 0 Å². The molecule has 0 N–H and O–H groups in total. The number of halogens is 1. The van der Waals surface area contributed by atoms with Crippen molar-refractivity contribution in [2.75, 3.05) is 7.11 Å². The molecule has 5 nitrogen and oxygen atoms in total. The molecular weight excluding hydrogens is 314 g/mol. The summed E-state index contributed by atoms with van der Waals surface area (Å²) in [6.45, 7) is 0. The number of nitro benzene ring substituents is 1. The number of benzene rings is 2. The molecule has 0 unspecified atom stereocenters. The van der Waals surface area contributed by atoms with E-state index in [-0.39, 0.29) is 17.2 Å². The second-order valence-electron chi connectivity index (χ2n) is 3.62. The smallest absolute Gasteiger partial charge is 0.352 e. The Labute approximate surface area is 118 Å². The molecule has 98 valence electrons. The van der Waals surface area contributed by atoms with Crippen molar-refractivity contribution in [2.45, 2.75) is 0 Å². The molecule has 2 rings (SSSR count). The normalized spacial score (nSPS) is 10.0. The summed E-state index contributed by atoms with van der Waals surface area (Å²) < 4.78 is 11.4. The summed E-state index contributed by atoms with van der Waals surface area (Å²) in [6.07, 6.45) is 0. The lowest BCUT2D eigenvalue weighted by Gasteiger charge is -2.08. The number of nitrogens with zero attached hydrogens (tertiary/aromatic N) is 1. The van der Waals surface area contributed by atoms with Crippen LogP contribution in [0.1, 0.15) is 0 Å². The molecule has 0 atom stereocenters. The molecule has 0 spiro atoms. The van der Waals surface area contributed by atoms with Gasteiger partial charge in [-0.3, -0.25) is 10.1 Å². The van der Waals surface area contributed by atoms with Crippen LogP contribution in [0.3, 0.4) is 0 Å². The zero-order valence-electron chi connectivity index (χ0n) is 10.00. The van der Waals surface area contributed by atoms with E-state index >= 15 is 0 Å². The summed E-state index contributed by atoms with van der Waals surface area (Å²) >= 11 is 3.31. The van der Waals surface area contributed by atoms with Crippen molar-refractivity contribution in [1.82, 2.24) is 0 Å². The van der Waals surface area contributed by atoms with Crippen LogP contribution in [-0.2, 0) is 0 Å². The van der Waals surface area contributed by atoms with Gasteiger partial charge in [0.25, 0.3) is 0 Å². The van der Waals surface area contributed by atoms with Gasteiger partial charge >= 0.3 is 5.69 Å². The molecule has 0 fully saturated rings. The third-order valence-corrected chi connectivity index (χ3v) is 2.93. The van der Waals surface area contributed by atoms with E-state index in [1.165, 1.54) is 19.2 Å². The van der Waals surface area contributed by atoms with Crippen LogP contribution >= 0.6 is 15.9 Å². The van der Waals surface area contributed by atoms with Crippen molar-refractivity contribution in [1.29, 1.82) is 0 Å². The van der Waals surface area contributed by atoms with Gasteiger partial charge in [-0.15, -0.1) is 0 Å². The minimum atomic E-state index is -0.521. The van der Waals surface area contributed by atoms with Gasteiger partial charge < -0.3 is 9.47 Å². The zero-order chi connectivity index (χ0) is 13.8. The first-order valence-corrected chi connectivity index (χ1v) is 6.16. The van der Waals surface area contributed by atoms with Crippen molar-refractivity contribution < 1.29 is 14.4 Å². The van der Waals surface area contributed by atoms with Crippen molar-refractivity contribution >= 4 is 21.6 Å². The quantitative estimate of drug-likeness (QED) is 0.626. The summed E-state index contributed by atoms with van der Waals surface area (Å²) in [5.74, 6) is 0.825. The van der Waals surface area contributed by atoms with Crippen LogP contribution < -0.4 is 9.47 Å². The first-order chi connectivity index (χ1) is 9.11. The van der Waals surface area contributed by atoms with Crippen LogP contribution in [-0.4, -0.2) is 12.0 Å². The largest absolute Gasteiger partial charge is 0.490 e. The number of hydrogen-bond acceptors (Lipinski definition) is 4. The van der Waals surface area contributed by atoms with Crippen LogP contribution in [0.25, 0.3) is 0 Å². The topological polar surface area (TPSA) is 61.6 Å². The summed E-state index contributed by atoms with van der Waals surface area (Å²) in [4.78, 5) is 10.6. The summed E-state index contributed by atoms with van der Waals surface area (Å²) in [7, 11) is 1.38. The van der Waals surface area contributed by atoms with E-state index in [4.69, 9.17) is 9.47 Å². The Bertz CT molecular complexity index is 598. The van der Waals surface area contributed by atoms with Crippen molar-refractivity contribution in [3.63, 3.8) is 0 Å². The van der Waals surface area contributed by atoms with Crippen molar-refractivity contribution in [2.24, 2.45) is 0 Å². The predicted molar refractivity (Wildman–Crippen MR) is 73.9 cm³/mol. The minimum absolute atomic E-state index is 0.145. The number of rotatable bonds is 4. The van der Waals surface area contributed by atoms with E-state index < -0.39 is 4.92 Å². The van der Waals surface area contributed by atoms with E-state index in [1.807, 2.05) is 0 Å². The lowest BCUT2D eigenvalue weighted by atomic mass is 10.2. The molecule has 0 amide bonds. The Morgan fingerprint density at radius 2 is 1.74 bits per heavy atom. The number of methoxy groups -OCH3 is 1. The maximum absolute atomic E-state index is 11.1. The molecule has 19 heavy (non-hydrogen) atoms. The maximum atomic E-state index is 11.1. The van der Waals surface area contributed by atoms with Crippen LogP contribution in [0.5, 0.6) is 17.2 Å². The SMILES string of the molecule is COc1cccc(Oc2ccc(Br)cc2)c1[N+](=O)[O-]. The molecule has 0 aliphatic carbocycles. The molecular formula is C13H10BrNO4. The highest BCUT2D eigenvalue weighted by Gasteiger charge is 2.22. The van der Waals surface area contributed by atoms with E-state index in [1.54, 1.807) is 30.3 Å². The highest BCUT2D eigenvalue weighted by atomic mass is 79.9. The van der Waals surface area contributed by atoms with Crippen LogP contribution in [0.2, 0.25) is 0 Å². The molecule has 0 aliphatic heterocycles. The number of para-hydroxylation sites is 1. The van der Waals surface area contributed by atoms with Crippen molar-refractivity contribution in [3.05, 3.63) is 57.1 Å². The van der Waals surface area contributed by atoms with E-state index in [0.29, 0.717) is 5.75 Å². The molecule has 0 saturated heterocycles. The Hall–Kier alpha value is -2.08. The lowest BCUT2D eigenvalue weighted by Crippen LogP contribution is -1.97. The highest BCUT2D eigenvalue weighted by Crippen LogP contribution is 2.38. The molecule has 0 aromatic heterocycles.